The molecule has 7 heteroatoms. The molecule has 2 fully saturated rings. The van der Waals surface area contributed by atoms with E-state index in [-0.39, 0.29) is 29.6 Å². The van der Waals surface area contributed by atoms with Crippen LogP contribution in [0.15, 0.2) is 24.3 Å². The molecule has 1 saturated carbocycles. The van der Waals surface area contributed by atoms with Gasteiger partial charge in [-0.05, 0) is 43.9 Å². The summed E-state index contributed by atoms with van der Waals surface area (Å²) < 4.78 is 13.0. The number of carbonyl (C=O) groups excluding carboxylic acids is 3. The lowest BCUT2D eigenvalue weighted by molar-refractivity contribution is -0.148. The van der Waals surface area contributed by atoms with Gasteiger partial charge < -0.3 is 15.1 Å². The van der Waals surface area contributed by atoms with Crippen LogP contribution in [0.2, 0.25) is 0 Å². The van der Waals surface area contributed by atoms with Gasteiger partial charge in [-0.15, -0.1) is 0 Å². The molecule has 3 rings (SSSR count). The number of amides is 3. The molecule has 6 nitrogen and oxygen atoms in total. The van der Waals surface area contributed by atoms with Crippen molar-refractivity contribution < 1.29 is 18.8 Å². The fourth-order valence-electron chi connectivity index (χ4n) is 3.38. The maximum absolute atomic E-state index is 13.0. The van der Waals surface area contributed by atoms with Crippen molar-refractivity contribution in [1.29, 1.82) is 0 Å². The lowest BCUT2D eigenvalue weighted by Crippen LogP contribution is -2.54. The molecule has 0 bridgehead atoms. The minimum Gasteiger partial charge on any atom is -0.346 e. The van der Waals surface area contributed by atoms with Gasteiger partial charge in [-0.3, -0.25) is 14.4 Å². The van der Waals surface area contributed by atoms with Crippen molar-refractivity contribution in [3.05, 3.63) is 35.6 Å². The molecule has 2 aliphatic rings. The topological polar surface area (TPSA) is 69.7 Å². The van der Waals surface area contributed by atoms with Crippen LogP contribution in [0, 0.1) is 11.7 Å². The predicted molar refractivity (Wildman–Crippen MR) is 93.7 cm³/mol. The van der Waals surface area contributed by atoms with Crippen LogP contribution in [0.1, 0.15) is 31.7 Å². The zero-order valence-electron chi connectivity index (χ0n) is 15.1. The first kappa shape index (κ1) is 18.4. The van der Waals surface area contributed by atoms with E-state index < -0.39 is 11.8 Å². The van der Waals surface area contributed by atoms with E-state index in [1.165, 1.54) is 17.0 Å². The summed E-state index contributed by atoms with van der Waals surface area (Å²) in [5, 5.41) is 2.59. The Morgan fingerprint density at radius 2 is 1.62 bits per heavy atom. The summed E-state index contributed by atoms with van der Waals surface area (Å²) in [4.78, 5) is 39.8. The molecule has 1 saturated heterocycles. The number of hydrogen-bond acceptors (Lipinski definition) is 3. The second-order valence-electron chi connectivity index (χ2n) is 7.25. The molecule has 3 amide bonds. The molecular weight excluding hydrogens is 337 g/mol. The Hall–Kier alpha value is -2.44. The number of rotatable bonds is 3. The molecule has 1 aliphatic carbocycles. The van der Waals surface area contributed by atoms with Crippen LogP contribution in [0.25, 0.3) is 0 Å². The van der Waals surface area contributed by atoms with E-state index in [2.05, 4.69) is 5.32 Å². The second kappa shape index (κ2) is 7.43. The van der Waals surface area contributed by atoms with Crippen molar-refractivity contribution in [2.24, 2.45) is 5.92 Å². The number of piperazine rings is 1. The molecule has 140 valence electrons. The maximum atomic E-state index is 13.0. The van der Waals surface area contributed by atoms with E-state index >= 15 is 0 Å². The number of benzene rings is 1. The zero-order chi connectivity index (χ0) is 18.8. The van der Waals surface area contributed by atoms with E-state index in [9.17, 15) is 18.8 Å². The molecule has 0 spiro atoms. The van der Waals surface area contributed by atoms with Gasteiger partial charge in [-0.1, -0.05) is 12.1 Å². The molecular formula is C19H24FN3O3. The summed E-state index contributed by atoms with van der Waals surface area (Å²) in [5.41, 5.74) is 0.990. The van der Waals surface area contributed by atoms with Crippen LogP contribution in [-0.2, 0) is 14.4 Å². The highest BCUT2D eigenvalue weighted by atomic mass is 19.1. The average molecular weight is 361 g/mol. The molecule has 1 N–H and O–H groups in total. The van der Waals surface area contributed by atoms with Crippen LogP contribution in [-0.4, -0.2) is 59.7 Å². The maximum Gasteiger partial charge on any atom is 0.312 e. The van der Waals surface area contributed by atoms with Gasteiger partial charge in [0.2, 0.25) is 5.91 Å². The minimum absolute atomic E-state index is 0.0630. The average Bonchev–Trinajstić information content (AvgIpc) is 3.41. The van der Waals surface area contributed by atoms with Gasteiger partial charge in [-0.25, -0.2) is 4.39 Å². The number of carbonyl (C=O) groups is 3. The molecule has 0 aromatic heterocycles. The molecule has 1 aromatic rings. The third-order valence-electron chi connectivity index (χ3n) is 4.90. The number of halogens is 1. The van der Waals surface area contributed by atoms with Crippen LogP contribution in [0.4, 0.5) is 4.39 Å². The third-order valence-corrected chi connectivity index (χ3v) is 4.90. The third kappa shape index (κ3) is 4.03. The van der Waals surface area contributed by atoms with Crippen LogP contribution in [0.5, 0.6) is 0 Å². The van der Waals surface area contributed by atoms with Gasteiger partial charge in [0.05, 0.1) is 0 Å². The van der Waals surface area contributed by atoms with Crippen LogP contribution >= 0.6 is 0 Å². The monoisotopic (exact) mass is 361 g/mol. The van der Waals surface area contributed by atoms with Gasteiger partial charge in [0.1, 0.15) is 5.82 Å². The van der Waals surface area contributed by atoms with Crippen LogP contribution in [0.3, 0.4) is 0 Å². The van der Waals surface area contributed by atoms with E-state index in [4.69, 9.17) is 0 Å². The standard InChI is InChI=1S/C19H24FN3O3/c1-12(2)21-17(24)19(26)23-9-7-22(8-10-23)18(25)16-11-15(16)13-3-5-14(20)6-4-13/h3-6,12,15-16H,7-11H2,1-2H3,(H,21,24). The SMILES string of the molecule is CC(C)NC(=O)C(=O)N1CCN(C(=O)C2CC2c2ccc(F)cc2)CC1. The first-order valence-electron chi connectivity index (χ1n) is 9.01. The van der Waals surface area contributed by atoms with Crippen molar-refractivity contribution in [2.75, 3.05) is 26.2 Å². The quantitative estimate of drug-likeness (QED) is 0.821. The summed E-state index contributed by atoms with van der Waals surface area (Å²) in [6.45, 7) is 5.20. The number of nitrogens with one attached hydrogen (secondary N) is 1. The highest BCUT2D eigenvalue weighted by Gasteiger charge is 2.46. The minimum atomic E-state index is -0.599. The Balaban J connectivity index is 1.49. The number of hydrogen-bond donors (Lipinski definition) is 1. The normalized spacial score (nSPS) is 22.3. The summed E-state index contributed by atoms with van der Waals surface area (Å²) >= 11 is 0. The van der Waals surface area contributed by atoms with E-state index in [1.54, 1.807) is 30.9 Å². The van der Waals surface area contributed by atoms with Gasteiger partial charge >= 0.3 is 11.8 Å². The van der Waals surface area contributed by atoms with E-state index in [1.807, 2.05) is 0 Å². The molecule has 1 aliphatic heterocycles. The highest BCUT2D eigenvalue weighted by Crippen LogP contribution is 2.48. The predicted octanol–water partition coefficient (Wildman–Crippen LogP) is 1.12. The Bertz CT molecular complexity index is 696. The zero-order valence-corrected chi connectivity index (χ0v) is 15.1. The van der Waals surface area contributed by atoms with Gasteiger partial charge in [-0.2, -0.15) is 0 Å². The molecule has 2 atom stereocenters. The fourth-order valence-corrected chi connectivity index (χ4v) is 3.38. The summed E-state index contributed by atoms with van der Waals surface area (Å²) in [6.07, 6.45) is 0.778. The molecule has 2 unspecified atom stereocenters. The van der Waals surface area contributed by atoms with Gasteiger partial charge in [0.15, 0.2) is 0 Å². The largest absolute Gasteiger partial charge is 0.346 e. The van der Waals surface area contributed by atoms with E-state index in [0.717, 1.165) is 12.0 Å². The van der Waals surface area contributed by atoms with Crippen molar-refractivity contribution in [3.8, 4) is 0 Å². The first-order valence-corrected chi connectivity index (χ1v) is 9.01. The highest BCUT2D eigenvalue weighted by molar-refractivity contribution is 6.35. The molecule has 26 heavy (non-hydrogen) atoms. The van der Waals surface area contributed by atoms with Crippen molar-refractivity contribution in [3.63, 3.8) is 0 Å². The Morgan fingerprint density at radius 3 is 2.19 bits per heavy atom. The molecule has 1 aromatic carbocycles. The molecule has 1 heterocycles. The Labute approximate surface area is 152 Å². The fraction of sp³-hybridized carbons (Fsp3) is 0.526. The summed E-state index contributed by atoms with van der Waals surface area (Å²) in [6, 6.07) is 6.21. The lowest BCUT2D eigenvalue weighted by atomic mass is 10.1. The summed E-state index contributed by atoms with van der Waals surface area (Å²) in [7, 11) is 0. The smallest absolute Gasteiger partial charge is 0.312 e. The Kier molecular flexibility index (Phi) is 5.25. The molecule has 0 radical (unpaired) electrons. The summed E-state index contributed by atoms with van der Waals surface area (Å²) in [5.74, 6) is -1.25. The lowest BCUT2D eigenvalue weighted by Gasteiger charge is -2.34. The van der Waals surface area contributed by atoms with E-state index in [0.29, 0.717) is 26.2 Å². The van der Waals surface area contributed by atoms with Crippen LogP contribution < -0.4 is 5.32 Å². The number of nitrogens with zero attached hydrogens (tertiary/aromatic N) is 2. The van der Waals surface area contributed by atoms with Crippen molar-refractivity contribution in [2.45, 2.75) is 32.2 Å². The van der Waals surface area contributed by atoms with Crippen molar-refractivity contribution in [1.82, 2.24) is 15.1 Å². The van der Waals surface area contributed by atoms with Crippen molar-refractivity contribution >= 4 is 17.7 Å². The van der Waals surface area contributed by atoms with Gasteiger partial charge in [0, 0.05) is 38.1 Å². The van der Waals surface area contributed by atoms with Gasteiger partial charge in [0.25, 0.3) is 0 Å². The first-order chi connectivity index (χ1) is 12.4. The second-order valence-corrected chi connectivity index (χ2v) is 7.25. The Morgan fingerprint density at radius 1 is 1.04 bits per heavy atom.